The van der Waals surface area contributed by atoms with Crippen molar-refractivity contribution in [2.45, 2.75) is 6.04 Å². The SMILES string of the molecule is C=CCOc1ccc(/C(O)=C2/C(=O)C(=O)N(CCOC)C2c2ccc(C(=O)OC)cc2)cc1. The molecule has 1 saturated heterocycles. The van der Waals surface area contributed by atoms with E-state index in [-0.39, 0.29) is 24.5 Å². The van der Waals surface area contributed by atoms with Crippen molar-refractivity contribution < 1.29 is 33.7 Å². The lowest BCUT2D eigenvalue weighted by Gasteiger charge is -2.25. The predicted molar refractivity (Wildman–Crippen MR) is 121 cm³/mol. The van der Waals surface area contributed by atoms with Crippen LogP contribution in [0.25, 0.3) is 5.76 Å². The fraction of sp³-hybridized carbons (Fsp3) is 0.240. The molecule has 8 heteroatoms. The highest BCUT2D eigenvalue weighted by molar-refractivity contribution is 6.46. The van der Waals surface area contributed by atoms with E-state index in [2.05, 4.69) is 6.58 Å². The Labute approximate surface area is 191 Å². The first-order valence-electron chi connectivity index (χ1n) is 10.2. The maximum absolute atomic E-state index is 12.9. The molecular weight excluding hydrogens is 426 g/mol. The van der Waals surface area contributed by atoms with Gasteiger partial charge in [0.05, 0.1) is 30.9 Å². The lowest BCUT2D eigenvalue weighted by atomic mass is 9.94. The summed E-state index contributed by atoms with van der Waals surface area (Å²) in [7, 11) is 2.77. The van der Waals surface area contributed by atoms with Gasteiger partial charge < -0.3 is 24.2 Å². The third-order valence-corrected chi connectivity index (χ3v) is 5.22. The monoisotopic (exact) mass is 451 g/mol. The second kappa shape index (κ2) is 10.6. The number of nitrogens with zero attached hydrogens (tertiary/aromatic N) is 1. The molecule has 0 radical (unpaired) electrons. The van der Waals surface area contributed by atoms with Crippen molar-refractivity contribution in [3.05, 3.63) is 83.4 Å². The molecule has 0 saturated carbocycles. The number of esters is 1. The molecular formula is C25H25NO7. The van der Waals surface area contributed by atoms with Gasteiger partial charge in [0.2, 0.25) is 0 Å². The molecule has 1 unspecified atom stereocenters. The zero-order valence-corrected chi connectivity index (χ0v) is 18.4. The maximum atomic E-state index is 12.9. The molecule has 3 rings (SSSR count). The van der Waals surface area contributed by atoms with E-state index in [1.165, 1.54) is 19.1 Å². The number of Topliss-reactive ketones (excluding diaryl/α,β-unsaturated/α-hetero) is 1. The number of ether oxygens (including phenoxy) is 3. The number of aliphatic hydroxyl groups is 1. The molecule has 0 aliphatic carbocycles. The van der Waals surface area contributed by atoms with Crippen molar-refractivity contribution in [3.8, 4) is 5.75 Å². The Morgan fingerprint density at radius 2 is 1.70 bits per heavy atom. The highest BCUT2D eigenvalue weighted by atomic mass is 16.5. The average molecular weight is 451 g/mol. The highest BCUT2D eigenvalue weighted by Crippen LogP contribution is 2.39. The summed E-state index contributed by atoms with van der Waals surface area (Å²) >= 11 is 0. The Balaban J connectivity index is 2.06. The summed E-state index contributed by atoms with van der Waals surface area (Å²) in [5.41, 5.74) is 1.21. The fourth-order valence-corrected chi connectivity index (χ4v) is 3.59. The summed E-state index contributed by atoms with van der Waals surface area (Å²) in [6.07, 6.45) is 1.61. The van der Waals surface area contributed by atoms with Gasteiger partial charge in [-0.15, -0.1) is 0 Å². The summed E-state index contributed by atoms with van der Waals surface area (Å²) in [5, 5.41) is 11.0. The Kier molecular flexibility index (Phi) is 7.63. The van der Waals surface area contributed by atoms with Crippen LogP contribution in [0.2, 0.25) is 0 Å². The second-order valence-electron chi connectivity index (χ2n) is 7.22. The van der Waals surface area contributed by atoms with Crippen LogP contribution in [0.4, 0.5) is 0 Å². The summed E-state index contributed by atoms with van der Waals surface area (Å²) in [6, 6.07) is 12.0. The quantitative estimate of drug-likeness (QED) is 0.205. The van der Waals surface area contributed by atoms with E-state index in [1.54, 1.807) is 54.6 Å². The zero-order valence-electron chi connectivity index (χ0n) is 18.4. The molecule has 0 bridgehead atoms. The van der Waals surface area contributed by atoms with Gasteiger partial charge in [-0.2, -0.15) is 0 Å². The van der Waals surface area contributed by atoms with Gasteiger partial charge in [-0.05, 0) is 42.0 Å². The van der Waals surface area contributed by atoms with Crippen molar-refractivity contribution >= 4 is 23.4 Å². The normalized spacial score (nSPS) is 17.2. The van der Waals surface area contributed by atoms with Crippen molar-refractivity contribution in [2.24, 2.45) is 0 Å². The Morgan fingerprint density at radius 3 is 2.27 bits per heavy atom. The molecule has 2 aromatic rings. The Bertz CT molecular complexity index is 1070. The highest BCUT2D eigenvalue weighted by Gasteiger charge is 2.45. The van der Waals surface area contributed by atoms with Crippen LogP contribution in [0.3, 0.4) is 0 Å². The van der Waals surface area contributed by atoms with Crippen molar-refractivity contribution in [2.75, 3.05) is 34.0 Å². The first-order chi connectivity index (χ1) is 15.9. The second-order valence-corrected chi connectivity index (χ2v) is 7.22. The standard InChI is InChI=1S/C25H25NO7/c1-4-14-33-19-11-9-17(10-12-19)22(27)20-21(26(13-15-31-2)24(29)23(20)28)16-5-7-18(8-6-16)25(30)32-3/h4-12,21,27H,1,13-15H2,2-3H3/b22-20-. The summed E-state index contributed by atoms with van der Waals surface area (Å²) in [4.78, 5) is 38.9. The smallest absolute Gasteiger partial charge is 0.337 e. The minimum atomic E-state index is -0.844. The van der Waals surface area contributed by atoms with Crippen LogP contribution in [0.5, 0.6) is 5.75 Å². The number of aliphatic hydroxyl groups excluding tert-OH is 1. The molecule has 1 N–H and O–H groups in total. The number of likely N-dealkylation sites (tertiary alicyclic amines) is 1. The number of benzene rings is 2. The van der Waals surface area contributed by atoms with Crippen LogP contribution in [0.1, 0.15) is 27.5 Å². The van der Waals surface area contributed by atoms with E-state index in [1.807, 2.05) is 0 Å². The van der Waals surface area contributed by atoms with Gasteiger partial charge in [-0.25, -0.2) is 4.79 Å². The molecule has 33 heavy (non-hydrogen) atoms. The molecule has 1 fully saturated rings. The van der Waals surface area contributed by atoms with Crippen LogP contribution in [-0.2, 0) is 19.1 Å². The first-order valence-corrected chi connectivity index (χ1v) is 10.2. The molecule has 1 amide bonds. The van der Waals surface area contributed by atoms with Crippen LogP contribution in [-0.4, -0.2) is 61.6 Å². The van der Waals surface area contributed by atoms with Crippen LogP contribution in [0, 0.1) is 0 Å². The molecule has 1 atom stereocenters. The van der Waals surface area contributed by atoms with Gasteiger partial charge in [0.25, 0.3) is 11.7 Å². The van der Waals surface area contributed by atoms with E-state index >= 15 is 0 Å². The van der Waals surface area contributed by atoms with Crippen molar-refractivity contribution in [1.29, 1.82) is 0 Å². The molecule has 0 spiro atoms. The van der Waals surface area contributed by atoms with Gasteiger partial charge in [-0.3, -0.25) is 9.59 Å². The molecule has 8 nitrogen and oxygen atoms in total. The molecule has 1 aliphatic heterocycles. The lowest BCUT2D eigenvalue weighted by Crippen LogP contribution is -2.32. The average Bonchev–Trinajstić information content (AvgIpc) is 3.10. The predicted octanol–water partition coefficient (Wildman–Crippen LogP) is 3.11. The minimum Gasteiger partial charge on any atom is -0.507 e. The summed E-state index contributed by atoms with van der Waals surface area (Å²) < 4.78 is 15.3. The zero-order chi connectivity index (χ0) is 24.0. The number of hydrogen-bond acceptors (Lipinski definition) is 7. The molecule has 2 aromatic carbocycles. The first kappa shape index (κ1) is 23.7. The van der Waals surface area contributed by atoms with Gasteiger partial charge in [0.1, 0.15) is 18.1 Å². The number of carbonyl (C=O) groups is 3. The number of hydrogen-bond donors (Lipinski definition) is 1. The van der Waals surface area contributed by atoms with Crippen LogP contribution >= 0.6 is 0 Å². The lowest BCUT2D eigenvalue weighted by molar-refractivity contribution is -0.140. The topological polar surface area (TPSA) is 102 Å². The Hall–Kier alpha value is -3.91. The largest absolute Gasteiger partial charge is 0.507 e. The van der Waals surface area contributed by atoms with E-state index in [0.717, 1.165) is 0 Å². The van der Waals surface area contributed by atoms with E-state index < -0.39 is 23.7 Å². The van der Waals surface area contributed by atoms with E-state index in [0.29, 0.717) is 29.0 Å². The summed E-state index contributed by atoms with van der Waals surface area (Å²) in [5.74, 6) is -1.76. The fourth-order valence-electron chi connectivity index (χ4n) is 3.59. The number of methoxy groups -OCH3 is 2. The van der Waals surface area contributed by atoms with Crippen LogP contribution < -0.4 is 4.74 Å². The number of rotatable bonds is 9. The van der Waals surface area contributed by atoms with E-state index in [4.69, 9.17) is 14.2 Å². The van der Waals surface area contributed by atoms with Crippen molar-refractivity contribution in [3.63, 3.8) is 0 Å². The number of amides is 1. The minimum absolute atomic E-state index is 0.0401. The van der Waals surface area contributed by atoms with Gasteiger partial charge in [-0.1, -0.05) is 24.8 Å². The third kappa shape index (κ3) is 4.96. The van der Waals surface area contributed by atoms with Crippen LogP contribution in [0.15, 0.2) is 66.8 Å². The molecule has 1 aliphatic rings. The van der Waals surface area contributed by atoms with Crippen molar-refractivity contribution in [1.82, 2.24) is 4.90 Å². The Morgan fingerprint density at radius 1 is 1.06 bits per heavy atom. The van der Waals surface area contributed by atoms with Gasteiger partial charge >= 0.3 is 5.97 Å². The molecule has 172 valence electrons. The van der Waals surface area contributed by atoms with Gasteiger partial charge in [0, 0.05) is 19.2 Å². The molecule has 1 heterocycles. The summed E-state index contributed by atoms with van der Waals surface area (Å²) in [6.45, 7) is 4.28. The number of carbonyl (C=O) groups excluding carboxylic acids is 3. The maximum Gasteiger partial charge on any atom is 0.337 e. The molecule has 0 aromatic heterocycles. The third-order valence-electron chi connectivity index (χ3n) is 5.22. The van der Waals surface area contributed by atoms with Gasteiger partial charge in [0.15, 0.2) is 0 Å². The number of ketones is 1. The van der Waals surface area contributed by atoms with E-state index in [9.17, 15) is 19.5 Å².